The van der Waals surface area contributed by atoms with E-state index in [4.69, 9.17) is 0 Å². The third-order valence-corrected chi connectivity index (χ3v) is 6.67. The van der Waals surface area contributed by atoms with Crippen molar-refractivity contribution >= 4 is 22.4 Å². The van der Waals surface area contributed by atoms with Gasteiger partial charge < -0.3 is 9.80 Å². The van der Waals surface area contributed by atoms with Gasteiger partial charge >= 0.3 is 0 Å². The minimum absolute atomic E-state index is 0.0685. The fourth-order valence-corrected chi connectivity index (χ4v) is 4.77. The van der Waals surface area contributed by atoms with Crippen LogP contribution in [0.25, 0.3) is 10.8 Å². The third-order valence-electron chi connectivity index (χ3n) is 6.67. The molecule has 0 saturated carbocycles. The van der Waals surface area contributed by atoms with Gasteiger partial charge in [-0.1, -0.05) is 42.0 Å². The molecule has 2 aromatic carbocycles. The lowest BCUT2D eigenvalue weighted by molar-refractivity contribution is -0.132. The molecule has 5 rings (SSSR count). The highest BCUT2D eigenvalue weighted by Gasteiger charge is 2.27. The smallest absolute Gasteiger partial charge is 0.275 e. The van der Waals surface area contributed by atoms with Gasteiger partial charge in [-0.2, -0.15) is 5.10 Å². The van der Waals surface area contributed by atoms with Crippen LogP contribution in [0.3, 0.4) is 0 Å². The summed E-state index contributed by atoms with van der Waals surface area (Å²) in [6.45, 7) is 6.11. The number of aryl methyl sites for hydroxylation is 1. The van der Waals surface area contributed by atoms with Crippen molar-refractivity contribution in [3.63, 3.8) is 0 Å². The van der Waals surface area contributed by atoms with Crippen LogP contribution in [0.4, 0.5) is 5.69 Å². The first-order valence-corrected chi connectivity index (χ1v) is 12.0. The first-order valence-electron chi connectivity index (χ1n) is 12.0. The number of hydrogen-bond donors (Lipinski definition) is 0. The standard InChI is InChI=1S/C28H29N5O2/c1-20-9-11-23(12-10-20)32-15-14-31(18-21(32)2)27(34)19-33-28(35)25-8-4-3-7-24(25)26(30-33)16-22-6-5-13-29-17-22/h3-13,17,21H,14-16,18-19H2,1-2H3/t21-/m1/s1. The highest BCUT2D eigenvalue weighted by Crippen LogP contribution is 2.21. The summed E-state index contributed by atoms with van der Waals surface area (Å²) in [5, 5.41) is 6.03. The number of fused-ring (bicyclic) bond motifs is 1. The topological polar surface area (TPSA) is 71.3 Å². The number of piperazine rings is 1. The maximum Gasteiger partial charge on any atom is 0.275 e. The first-order chi connectivity index (χ1) is 17.0. The Kier molecular flexibility index (Phi) is 6.31. The summed E-state index contributed by atoms with van der Waals surface area (Å²) in [7, 11) is 0. The number of rotatable bonds is 5. The lowest BCUT2D eigenvalue weighted by atomic mass is 10.1. The van der Waals surface area contributed by atoms with Crippen molar-refractivity contribution in [2.24, 2.45) is 0 Å². The van der Waals surface area contributed by atoms with Crippen LogP contribution in [-0.4, -0.2) is 51.2 Å². The number of hydrogen-bond acceptors (Lipinski definition) is 5. The molecule has 0 bridgehead atoms. The number of benzene rings is 2. The number of amides is 1. The Morgan fingerprint density at radius 1 is 1.00 bits per heavy atom. The minimum Gasteiger partial charge on any atom is -0.365 e. The SMILES string of the molecule is Cc1ccc(N2CCN(C(=O)Cn3nc(Cc4cccnc4)c4ccccc4c3=O)C[C@H]2C)cc1. The van der Waals surface area contributed by atoms with E-state index in [0.29, 0.717) is 24.9 Å². The van der Waals surface area contributed by atoms with Gasteiger partial charge in [0.1, 0.15) is 6.54 Å². The third kappa shape index (κ3) is 4.80. The molecule has 1 aliphatic heterocycles. The Balaban J connectivity index is 1.36. The first kappa shape index (κ1) is 22.8. The number of nitrogens with zero attached hydrogens (tertiary/aromatic N) is 5. The van der Waals surface area contributed by atoms with Crippen LogP contribution in [-0.2, 0) is 17.8 Å². The molecule has 1 atom stereocenters. The highest BCUT2D eigenvalue weighted by atomic mass is 16.2. The van der Waals surface area contributed by atoms with E-state index in [2.05, 4.69) is 53.1 Å². The van der Waals surface area contributed by atoms with E-state index in [1.165, 1.54) is 15.9 Å². The van der Waals surface area contributed by atoms with Crippen LogP contribution in [0.1, 0.15) is 23.7 Å². The summed E-state index contributed by atoms with van der Waals surface area (Å²) in [5.41, 5.74) is 3.92. The van der Waals surface area contributed by atoms with E-state index in [-0.39, 0.29) is 24.1 Å². The maximum absolute atomic E-state index is 13.3. The molecule has 0 unspecified atom stereocenters. The normalized spacial score (nSPS) is 16.0. The molecule has 3 heterocycles. The van der Waals surface area contributed by atoms with Gasteiger partial charge in [-0.05, 0) is 43.7 Å². The van der Waals surface area contributed by atoms with Crippen molar-refractivity contribution in [2.75, 3.05) is 24.5 Å². The summed E-state index contributed by atoms with van der Waals surface area (Å²) in [6, 6.07) is 20.0. The van der Waals surface area contributed by atoms with Crippen molar-refractivity contribution in [1.82, 2.24) is 19.7 Å². The quantitative estimate of drug-likeness (QED) is 0.450. The van der Waals surface area contributed by atoms with Crippen LogP contribution >= 0.6 is 0 Å². The molecule has 1 saturated heterocycles. The molecule has 4 aromatic rings. The van der Waals surface area contributed by atoms with Gasteiger partial charge in [0.2, 0.25) is 5.91 Å². The molecular weight excluding hydrogens is 438 g/mol. The van der Waals surface area contributed by atoms with Crippen LogP contribution in [0.15, 0.2) is 77.9 Å². The van der Waals surface area contributed by atoms with E-state index >= 15 is 0 Å². The van der Waals surface area contributed by atoms with E-state index in [9.17, 15) is 9.59 Å². The monoisotopic (exact) mass is 467 g/mol. The van der Waals surface area contributed by atoms with Crippen molar-refractivity contribution in [1.29, 1.82) is 0 Å². The molecule has 0 aliphatic carbocycles. The predicted molar refractivity (Wildman–Crippen MR) is 138 cm³/mol. The Bertz CT molecular complexity index is 1400. The lowest BCUT2D eigenvalue weighted by Gasteiger charge is -2.41. The summed E-state index contributed by atoms with van der Waals surface area (Å²) < 4.78 is 1.33. The van der Waals surface area contributed by atoms with E-state index in [1.807, 2.05) is 35.2 Å². The lowest BCUT2D eigenvalue weighted by Crippen LogP contribution is -2.54. The predicted octanol–water partition coefficient (Wildman–Crippen LogP) is 3.43. The molecule has 1 fully saturated rings. The second kappa shape index (κ2) is 9.70. The van der Waals surface area contributed by atoms with Gasteiger partial charge in [0.15, 0.2) is 0 Å². The molecule has 0 spiro atoms. The Labute approximate surface area is 204 Å². The zero-order valence-electron chi connectivity index (χ0n) is 20.1. The molecule has 7 heteroatoms. The second-order valence-electron chi connectivity index (χ2n) is 9.21. The van der Waals surface area contributed by atoms with E-state index in [1.54, 1.807) is 18.5 Å². The average Bonchev–Trinajstić information content (AvgIpc) is 2.88. The number of pyridine rings is 1. The van der Waals surface area contributed by atoms with Crippen molar-refractivity contribution in [2.45, 2.75) is 32.9 Å². The van der Waals surface area contributed by atoms with Crippen LogP contribution in [0.5, 0.6) is 0 Å². The molecule has 2 aromatic heterocycles. The zero-order valence-corrected chi connectivity index (χ0v) is 20.1. The number of anilines is 1. The molecule has 0 N–H and O–H groups in total. The Morgan fingerprint density at radius 2 is 1.77 bits per heavy atom. The summed E-state index contributed by atoms with van der Waals surface area (Å²) in [5.74, 6) is -0.0855. The average molecular weight is 468 g/mol. The zero-order chi connectivity index (χ0) is 24.4. The van der Waals surface area contributed by atoms with Gasteiger partial charge in [0.05, 0.1) is 11.1 Å². The molecule has 0 radical (unpaired) electrons. The summed E-state index contributed by atoms with van der Waals surface area (Å²) in [6.07, 6.45) is 4.06. The molecule has 1 aliphatic rings. The molecule has 7 nitrogen and oxygen atoms in total. The van der Waals surface area contributed by atoms with Gasteiger partial charge in [-0.3, -0.25) is 14.6 Å². The van der Waals surface area contributed by atoms with Crippen LogP contribution in [0.2, 0.25) is 0 Å². The second-order valence-corrected chi connectivity index (χ2v) is 9.21. The maximum atomic E-state index is 13.3. The van der Waals surface area contributed by atoms with Crippen LogP contribution in [0, 0.1) is 6.92 Å². The molecule has 1 amide bonds. The molecule has 35 heavy (non-hydrogen) atoms. The van der Waals surface area contributed by atoms with Crippen molar-refractivity contribution in [3.8, 4) is 0 Å². The van der Waals surface area contributed by atoms with Gasteiger partial charge in [-0.25, -0.2) is 4.68 Å². The van der Waals surface area contributed by atoms with Gasteiger partial charge in [-0.15, -0.1) is 0 Å². The van der Waals surface area contributed by atoms with Crippen molar-refractivity contribution in [3.05, 3.63) is 100 Å². The van der Waals surface area contributed by atoms with Crippen molar-refractivity contribution < 1.29 is 4.79 Å². The largest absolute Gasteiger partial charge is 0.365 e. The van der Waals surface area contributed by atoms with E-state index in [0.717, 1.165) is 23.2 Å². The minimum atomic E-state index is -0.241. The van der Waals surface area contributed by atoms with Gasteiger partial charge in [0.25, 0.3) is 5.56 Å². The molecular formula is C28H29N5O2. The fourth-order valence-electron chi connectivity index (χ4n) is 4.77. The number of carbonyl (C=O) groups excluding carboxylic acids is 1. The van der Waals surface area contributed by atoms with Gasteiger partial charge in [0, 0.05) is 55.6 Å². The fraction of sp³-hybridized carbons (Fsp3) is 0.286. The number of aromatic nitrogens is 3. The number of carbonyl (C=O) groups is 1. The summed E-state index contributed by atoms with van der Waals surface area (Å²) in [4.78, 5) is 34.8. The highest BCUT2D eigenvalue weighted by molar-refractivity contribution is 5.84. The Morgan fingerprint density at radius 3 is 2.49 bits per heavy atom. The molecule has 178 valence electrons. The van der Waals surface area contributed by atoms with Crippen LogP contribution < -0.4 is 10.5 Å². The van der Waals surface area contributed by atoms with E-state index < -0.39 is 0 Å². The summed E-state index contributed by atoms with van der Waals surface area (Å²) >= 11 is 0. The Hall–Kier alpha value is -4.00.